The molecule has 0 unspecified atom stereocenters. The molecule has 2 rings (SSSR count). The number of amides is 1. The summed E-state index contributed by atoms with van der Waals surface area (Å²) in [6.45, 7) is 0.307. The van der Waals surface area contributed by atoms with Crippen molar-refractivity contribution in [1.82, 2.24) is 0 Å². The van der Waals surface area contributed by atoms with E-state index in [0.29, 0.717) is 18.0 Å². The molecule has 0 fully saturated rings. The number of anilines is 2. The molecular weight excluding hydrogens is 320 g/mol. The van der Waals surface area contributed by atoms with Gasteiger partial charge >= 0.3 is 0 Å². The van der Waals surface area contributed by atoms with Crippen LogP contribution in [0, 0.1) is 0 Å². The average molecular weight is 335 g/mol. The highest BCUT2D eigenvalue weighted by molar-refractivity contribution is 9.10. The molecule has 4 nitrogen and oxygen atoms in total. The molecule has 0 spiro atoms. The SMILES string of the molecule is Nc1ccccc1NC(=O)CCOc1ccccc1Br. The summed E-state index contributed by atoms with van der Waals surface area (Å²) in [7, 11) is 0. The van der Waals surface area contributed by atoms with Crippen LogP contribution in [-0.2, 0) is 4.79 Å². The molecule has 0 aromatic heterocycles. The highest BCUT2D eigenvalue weighted by Gasteiger charge is 2.06. The van der Waals surface area contributed by atoms with Crippen molar-refractivity contribution in [1.29, 1.82) is 0 Å². The molecule has 0 radical (unpaired) electrons. The van der Waals surface area contributed by atoms with E-state index < -0.39 is 0 Å². The molecule has 0 atom stereocenters. The van der Waals surface area contributed by atoms with Crippen molar-refractivity contribution < 1.29 is 9.53 Å². The van der Waals surface area contributed by atoms with E-state index >= 15 is 0 Å². The Hall–Kier alpha value is -2.01. The molecule has 0 saturated carbocycles. The fraction of sp³-hybridized carbons (Fsp3) is 0.133. The molecule has 0 aliphatic rings. The molecule has 5 heteroatoms. The average Bonchev–Trinajstić information content (AvgIpc) is 2.43. The zero-order chi connectivity index (χ0) is 14.4. The molecule has 104 valence electrons. The highest BCUT2D eigenvalue weighted by Crippen LogP contribution is 2.23. The van der Waals surface area contributed by atoms with Gasteiger partial charge in [-0.2, -0.15) is 0 Å². The first-order chi connectivity index (χ1) is 9.66. The predicted octanol–water partition coefficient (Wildman–Crippen LogP) is 3.44. The van der Waals surface area contributed by atoms with Gasteiger partial charge in [-0.05, 0) is 40.2 Å². The number of nitrogens with two attached hydrogens (primary N) is 1. The lowest BCUT2D eigenvalue weighted by molar-refractivity contribution is -0.116. The molecule has 3 N–H and O–H groups in total. The fourth-order valence-electron chi connectivity index (χ4n) is 1.64. The molecule has 1 amide bonds. The zero-order valence-electron chi connectivity index (χ0n) is 10.8. The van der Waals surface area contributed by atoms with Crippen LogP contribution in [0.1, 0.15) is 6.42 Å². The van der Waals surface area contributed by atoms with E-state index in [2.05, 4.69) is 21.2 Å². The summed E-state index contributed by atoms with van der Waals surface area (Å²) in [6, 6.07) is 14.7. The molecule has 2 aromatic carbocycles. The number of nitrogens with one attached hydrogen (secondary N) is 1. The molecule has 0 aliphatic heterocycles. The number of hydrogen-bond acceptors (Lipinski definition) is 3. The zero-order valence-corrected chi connectivity index (χ0v) is 12.4. The Labute approximate surface area is 126 Å². The Morgan fingerprint density at radius 2 is 1.85 bits per heavy atom. The quantitative estimate of drug-likeness (QED) is 0.823. The first-order valence-electron chi connectivity index (χ1n) is 6.18. The number of nitrogen functional groups attached to an aromatic ring is 1. The first kappa shape index (κ1) is 14.4. The Balaban J connectivity index is 1.82. The number of halogens is 1. The smallest absolute Gasteiger partial charge is 0.227 e. The van der Waals surface area contributed by atoms with Gasteiger partial charge in [0.15, 0.2) is 0 Å². The fourth-order valence-corrected chi connectivity index (χ4v) is 2.04. The molecule has 0 aliphatic carbocycles. The van der Waals surface area contributed by atoms with Crippen molar-refractivity contribution in [2.24, 2.45) is 0 Å². The monoisotopic (exact) mass is 334 g/mol. The number of para-hydroxylation sites is 3. The van der Waals surface area contributed by atoms with Gasteiger partial charge in [0, 0.05) is 0 Å². The second kappa shape index (κ2) is 6.96. The van der Waals surface area contributed by atoms with Crippen LogP contribution in [0.25, 0.3) is 0 Å². The largest absolute Gasteiger partial charge is 0.492 e. The van der Waals surface area contributed by atoms with Gasteiger partial charge in [-0.15, -0.1) is 0 Å². The van der Waals surface area contributed by atoms with Crippen molar-refractivity contribution >= 4 is 33.2 Å². The van der Waals surface area contributed by atoms with Crippen molar-refractivity contribution in [2.45, 2.75) is 6.42 Å². The Morgan fingerprint density at radius 1 is 1.15 bits per heavy atom. The predicted molar refractivity (Wildman–Crippen MR) is 83.7 cm³/mol. The summed E-state index contributed by atoms with van der Waals surface area (Å²) in [4.78, 5) is 11.8. The van der Waals surface area contributed by atoms with Crippen LogP contribution in [-0.4, -0.2) is 12.5 Å². The van der Waals surface area contributed by atoms with E-state index in [-0.39, 0.29) is 12.3 Å². The maximum Gasteiger partial charge on any atom is 0.227 e. The second-order valence-corrected chi connectivity index (χ2v) is 5.02. The molecule has 20 heavy (non-hydrogen) atoms. The summed E-state index contributed by atoms with van der Waals surface area (Å²) in [6.07, 6.45) is 0.260. The molecular formula is C15H15BrN2O2. The van der Waals surface area contributed by atoms with Crippen LogP contribution < -0.4 is 15.8 Å². The number of carbonyl (C=O) groups is 1. The molecule has 0 saturated heterocycles. The normalized spacial score (nSPS) is 10.1. The van der Waals surface area contributed by atoms with Crippen molar-refractivity contribution in [3.63, 3.8) is 0 Å². The van der Waals surface area contributed by atoms with E-state index in [4.69, 9.17) is 10.5 Å². The van der Waals surface area contributed by atoms with Gasteiger partial charge in [0.25, 0.3) is 0 Å². The van der Waals surface area contributed by atoms with Crippen molar-refractivity contribution in [3.05, 3.63) is 53.0 Å². The summed E-state index contributed by atoms with van der Waals surface area (Å²) >= 11 is 3.38. The lowest BCUT2D eigenvalue weighted by Crippen LogP contribution is -2.16. The van der Waals surface area contributed by atoms with Crippen LogP contribution in [0.4, 0.5) is 11.4 Å². The minimum absolute atomic E-state index is 0.130. The second-order valence-electron chi connectivity index (χ2n) is 4.16. The molecule has 2 aromatic rings. The number of rotatable bonds is 5. The Morgan fingerprint density at radius 3 is 2.60 bits per heavy atom. The van der Waals surface area contributed by atoms with Gasteiger partial charge in [0.1, 0.15) is 5.75 Å². The van der Waals surface area contributed by atoms with Crippen LogP contribution in [0.3, 0.4) is 0 Å². The highest BCUT2D eigenvalue weighted by atomic mass is 79.9. The van der Waals surface area contributed by atoms with Gasteiger partial charge in [0.05, 0.1) is 28.9 Å². The summed E-state index contributed by atoms with van der Waals surface area (Å²) in [5, 5.41) is 2.76. The number of ether oxygens (including phenoxy) is 1. The summed E-state index contributed by atoms with van der Waals surface area (Å²) < 4.78 is 6.40. The summed E-state index contributed by atoms with van der Waals surface area (Å²) in [5.41, 5.74) is 6.93. The third-order valence-corrected chi connectivity index (χ3v) is 3.31. The maximum atomic E-state index is 11.8. The third kappa shape index (κ3) is 3.99. The van der Waals surface area contributed by atoms with E-state index in [0.717, 1.165) is 10.2 Å². The van der Waals surface area contributed by atoms with E-state index in [1.165, 1.54) is 0 Å². The van der Waals surface area contributed by atoms with Gasteiger partial charge < -0.3 is 15.8 Å². The number of carbonyl (C=O) groups excluding carboxylic acids is 1. The number of benzene rings is 2. The third-order valence-electron chi connectivity index (χ3n) is 2.66. The molecule has 0 bridgehead atoms. The maximum absolute atomic E-state index is 11.8. The van der Waals surface area contributed by atoms with E-state index in [9.17, 15) is 4.79 Å². The number of hydrogen-bond donors (Lipinski definition) is 2. The van der Waals surface area contributed by atoms with Crippen LogP contribution >= 0.6 is 15.9 Å². The minimum atomic E-state index is -0.130. The lowest BCUT2D eigenvalue weighted by atomic mass is 10.2. The van der Waals surface area contributed by atoms with E-state index in [1.54, 1.807) is 12.1 Å². The van der Waals surface area contributed by atoms with Gasteiger partial charge in [-0.3, -0.25) is 4.79 Å². The van der Waals surface area contributed by atoms with Crippen molar-refractivity contribution in [3.8, 4) is 5.75 Å². The standard InChI is InChI=1S/C15H15BrN2O2/c16-11-5-1-4-8-14(11)20-10-9-15(19)18-13-7-3-2-6-12(13)17/h1-8H,9-10,17H2,(H,18,19). The van der Waals surface area contributed by atoms with Crippen LogP contribution in [0.5, 0.6) is 5.75 Å². The topological polar surface area (TPSA) is 64.3 Å². The van der Waals surface area contributed by atoms with Crippen LogP contribution in [0.2, 0.25) is 0 Å². The van der Waals surface area contributed by atoms with Gasteiger partial charge in [0.2, 0.25) is 5.91 Å². The van der Waals surface area contributed by atoms with E-state index in [1.807, 2.05) is 36.4 Å². The Bertz CT molecular complexity index is 602. The van der Waals surface area contributed by atoms with Crippen LogP contribution in [0.15, 0.2) is 53.0 Å². The Kier molecular flexibility index (Phi) is 5.01. The van der Waals surface area contributed by atoms with Crippen molar-refractivity contribution in [2.75, 3.05) is 17.7 Å². The lowest BCUT2D eigenvalue weighted by Gasteiger charge is -2.09. The first-order valence-corrected chi connectivity index (χ1v) is 6.98. The van der Waals surface area contributed by atoms with Gasteiger partial charge in [-0.1, -0.05) is 24.3 Å². The minimum Gasteiger partial charge on any atom is -0.492 e. The molecule has 0 heterocycles. The summed E-state index contributed by atoms with van der Waals surface area (Å²) in [5.74, 6) is 0.592. The van der Waals surface area contributed by atoms with Gasteiger partial charge in [-0.25, -0.2) is 0 Å².